The summed E-state index contributed by atoms with van der Waals surface area (Å²) in [6.07, 6.45) is -1.04. The third kappa shape index (κ3) is 4.00. The van der Waals surface area contributed by atoms with Gasteiger partial charge in [0.15, 0.2) is 11.5 Å². The maximum absolute atomic E-state index is 13.4. The van der Waals surface area contributed by atoms with E-state index in [2.05, 4.69) is 20.1 Å². The molecule has 7 nitrogen and oxygen atoms in total. The smallest absolute Gasteiger partial charge is 0.465 e. The molecule has 0 unspecified atom stereocenters. The molecule has 4 rings (SSSR count). The molecule has 2 N–H and O–H groups in total. The minimum Gasteiger partial charge on any atom is -0.465 e. The number of para-hydroxylation sites is 1. The number of hydrogen-bond donors (Lipinski definition) is 2. The van der Waals surface area contributed by atoms with E-state index >= 15 is 0 Å². The minimum atomic E-state index is -3.71. The molecule has 0 saturated heterocycles. The van der Waals surface area contributed by atoms with Crippen molar-refractivity contribution in [3.05, 3.63) is 47.5 Å². The highest BCUT2D eigenvalue weighted by atomic mass is 19.3. The molecule has 9 heteroatoms. The molecule has 0 bridgehead atoms. The van der Waals surface area contributed by atoms with Gasteiger partial charge >= 0.3 is 12.3 Å². The average Bonchev–Trinajstić information content (AvgIpc) is 2.99. The van der Waals surface area contributed by atoms with Gasteiger partial charge in [0.2, 0.25) is 5.91 Å². The lowest BCUT2D eigenvalue weighted by Gasteiger charge is -2.25. The van der Waals surface area contributed by atoms with Crippen molar-refractivity contribution in [1.82, 2.24) is 0 Å². The molecule has 1 fully saturated rings. The summed E-state index contributed by atoms with van der Waals surface area (Å²) in [6.45, 7) is 0.131. The van der Waals surface area contributed by atoms with Crippen molar-refractivity contribution in [3.8, 4) is 11.5 Å². The Morgan fingerprint density at radius 2 is 1.97 bits per heavy atom. The van der Waals surface area contributed by atoms with Gasteiger partial charge in [-0.15, -0.1) is 8.78 Å². The molecule has 2 aromatic rings. The molecular formula is C21H20F2N2O5. The van der Waals surface area contributed by atoms with Gasteiger partial charge in [0, 0.05) is 18.0 Å². The van der Waals surface area contributed by atoms with Gasteiger partial charge in [-0.05, 0) is 37.1 Å². The van der Waals surface area contributed by atoms with Crippen LogP contribution < -0.4 is 20.1 Å². The molecular weight excluding hydrogens is 398 g/mol. The van der Waals surface area contributed by atoms with Crippen molar-refractivity contribution >= 4 is 23.3 Å². The van der Waals surface area contributed by atoms with E-state index in [0.717, 1.165) is 19.3 Å². The molecule has 0 spiro atoms. The van der Waals surface area contributed by atoms with Gasteiger partial charge in [-0.25, -0.2) is 4.79 Å². The topological polar surface area (TPSA) is 85.9 Å². The fourth-order valence-electron chi connectivity index (χ4n) is 3.31. The Hall–Kier alpha value is -3.36. The van der Waals surface area contributed by atoms with Crippen LogP contribution >= 0.6 is 0 Å². The Morgan fingerprint density at radius 1 is 1.17 bits per heavy atom. The number of amides is 1. The first-order chi connectivity index (χ1) is 14.4. The Bertz CT molecular complexity index is 991. The van der Waals surface area contributed by atoms with Crippen LogP contribution in [0.4, 0.5) is 20.2 Å². The fourth-order valence-corrected chi connectivity index (χ4v) is 3.31. The van der Waals surface area contributed by atoms with E-state index in [1.807, 2.05) is 0 Å². The Balaban J connectivity index is 1.56. The van der Waals surface area contributed by atoms with Crippen LogP contribution in [0.25, 0.3) is 0 Å². The molecule has 2 aromatic carbocycles. The summed E-state index contributed by atoms with van der Waals surface area (Å²) in [5, 5.41) is 5.95. The van der Waals surface area contributed by atoms with Crippen LogP contribution in [0.15, 0.2) is 36.4 Å². The highest BCUT2D eigenvalue weighted by molar-refractivity contribution is 5.99. The van der Waals surface area contributed by atoms with E-state index in [4.69, 9.17) is 4.74 Å². The number of ether oxygens (including phenoxy) is 3. The molecule has 0 radical (unpaired) electrons. The summed E-state index contributed by atoms with van der Waals surface area (Å²) in [5.74, 6) is -0.789. The molecule has 1 aliphatic carbocycles. The number of anilines is 2. The predicted octanol–water partition coefficient (Wildman–Crippen LogP) is 4.15. The molecule has 1 amide bonds. The lowest BCUT2D eigenvalue weighted by Crippen LogP contribution is -2.28. The van der Waals surface area contributed by atoms with Crippen molar-refractivity contribution in [3.63, 3.8) is 0 Å². The first-order valence-electron chi connectivity index (χ1n) is 9.51. The van der Waals surface area contributed by atoms with Gasteiger partial charge in [-0.2, -0.15) is 0 Å². The number of benzene rings is 2. The Morgan fingerprint density at radius 3 is 2.67 bits per heavy atom. The SMILES string of the molecule is COC(=O)c1ccc(NCc2cccc3c2OC(F)(F)O3)c(NC(=O)C2CCC2)c1. The third-order valence-corrected chi connectivity index (χ3v) is 5.15. The van der Waals surface area contributed by atoms with Gasteiger partial charge in [0.05, 0.1) is 24.0 Å². The number of fused-ring (bicyclic) bond motifs is 1. The zero-order valence-electron chi connectivity index (χ0n) is 16.2. The number of methoxy groups -OCH3 is 1. The van der Waals surface area contributed by atoms with Gasteiger partial charge in [-0.3, -0.25) is 4.79 Å². The average molecular weight is 418 g/mol. The van der Waals surface area contributed by atoms with Crippen molar-refractivity contribution < 1.29 is 32.6 Å². The van der Waals surface area contributed by atoms with Gasteiger partial charge in [0.1, 0.15) is 0 Å². The second-order valence-electron chi connectivity index (χ2n) is 7.13. The van der Waals surface area contributed by atoms with Crippen LogP contribution in [0.1, 0.15) is 35.2 Å². The molecule has 1 aliphatic heterocycles. The summed E-state index contributed by atoms with van der Waals surface area (Å²) in [4.78, 5) is 24.3. The van der Waals surface area contributed by atoms with E-state index in [-0.39, 0.29) is 35.4 Å². The van der Waals surface area contributed by atoms with Gasteiger partial charge in [0.25, 0.3) is 0 Å². The quantitative estimate of drug-likeness (QED) is 0.686. The maximum Gasteiger partial charge on any atom is 0.586 e. The molecule has 1 saturated carbocycles. The number of rotatable bonds is 6. The van der Waals surface area contributed by atoms with Crippen LogP contribution in [0.5, 0.6) is 11.5 Å². The third-order valence-electron chi connectivity index (χ3n) is 5.15. The van der Waals surface area contributed by atoms with E-state index in [0.29, 0.717) is 16.9 Å². The lowest BCUT2D eigenvalue weighted by molar-refractivity contribution is -0.286. The Kier molecular flexibility index (Phi) is 5.19. The summed E-state index contributed by atoms with van der Waals surface area (Å²) in [6, 6.07) is 9.31. The maximum atomic E-state index is 13.4. The zero-order chi connectivity index (χ0) is 21.3. The number of halogens is 2. The van der Waals surface area contributed by atoms with Crippen LogP contribution in [0, 0.1) is 5.92 Å². The summed E-state index contributed by atoms with van der Waals surface area (Å²) in [5.41, 5.74) is 1.67. The van der Waals surface area contributed by atoms with E-state index in [9.17, 15) is 18.4 Å². The first kappa shape index (κ1) is 19.9. The van der Waals surface area contributed by atoms with Gasteiger partial charge < -0.3 is 24.8 Å². The van der Waals surface area contributed by atoms with Gasteiger partial charge in [-0.1, -0.05) is 18.6 Å². The fraction of sp³-hybridized carbons (Fsp3) is 0.333. The highest BCUT2D eigenvalue weighted by Crippen LogP contribution is 2.43. The van der Waals surface area contributed by atoms with Crippen molar-refractivity contribution in [2.45, 2.75) is 32.1 Å². The Labute approximate surface area is 171 Å². The second-order valence-corrected chi connectivity index (χ2v) is 7.13. The molecule has 30 heavy (non-hydrogen) atoms. The van der Waals surface area contributed by atoms with Crippen LogP contribution in [0.2, 0.25) is 0 Å². The number of carbonyl (C=O) groups is 2. The van der Waals surface area contributed by atoms with Crippen molar-refractivity contribution in [1.29, 1.82) is 0 Å². The molecule has 2 aliphatic rings. The molecule has 0 atom stereocenters. The number of alkyl halides is 2. The van der Waals surface area contributed by atoms with E-state index in [1.54, 1.807) is 24.3 Å². The van der Waals surface area contributed by atoms with Crippen LogP contribution in [0.3, 0.4) is 0 Å². The standard InChI is InChI=1S/C21H20F2N2O5/c1-28-20(27)13-8-9-15(16(10-13)25-19(26)12-4-2-5-12)24-11-14-6-3-7-17-18(14)30-21(22,23)29-17/h3,6-10,12,24H,2,4-5,11H2,1H3,(H,25,26). The molecule has 158 valence electrons. The highest BCUT2D eigenvalue weighted by Gasteiger charge is 2.44. The van der Waals surface area contributed by atoms with E-state index in [1.165, 1.54) is 19.2 Å². The number of carbonyl (C=O) groups excluding carboxylic acids is 2. The summed E-state index contributed by atoms with van der Waals surface area (Å²) < 4.78 is 40.6. The van der Waals surface area contributed by atoms with Crippen molar-refractivity contribution in [2.24, 2.45) is 5.92 Å². The number of nitrogens with one attached hydrogen (secondary N) is 2. The largest absolute Gasteiger partial charge is 0.586 e. The summed E-state index contributed by atoms with van der Waals surface area (Å²) >= 11 is 0. The zero-order valence-corrected chi connectivity index (χ0v) is 16.2. The second kappa shape index (κ2) is 7.81. The molecule has 0 aromatic heterocycles. The number of hydrogen-bond acceptors (Lipinski definition) is 6. The van der Waals surface area contributed by atoms with Crippen LogP contribution in [-0.2, 0) is 16.1 Å². The summed E-state index contributed by atoms with van der Waals surface area (Å²) in [7, 11) is 1.27. The monoisotopic (exact) mass is 418 g/mol. The molecule has 1 heterocycles. The minimum absolute atomic E-state index is 0.0405. The first-order valence-corrected chi connectivity index (χ1v) is 9.51. The number of esters is 1. The lowest BCUT2D eigenvalue weighted by atomic mass is 9.85. The van der Waals surface area contributed by atoms with E-state index < -0.39 is 12.3 Å². The van der Waals surface area contributed by atoms with Crippen LogP contribution in [-0.4, -0.2) is 25.3 Å². The van der Waals surface area contributed by atoms with Crippen molar-refractivity contribution in [2.75, 3.05) is 17.7 Å². The predicted molar refractivity (Wildman–Crippen MR) is 104 cm³/mol. The normalized spacial score (nSPS) is 16.5.